The Hall–Kier alpha value is -2.48. The van der Waals surface area contributed by atoms with Crippen molar-refractivity contribution in [1.82, 2.24) is 14.8 Å². The number of benzene rings is 1. The molecule has 8 heteroatoms. The summed E-state index contributed by atoms with van der Waals surface area (Å²) < 4.78 is 42.4. The zero-order valence-electron chi connectivity index (χ0n) is 16.3. The topological polar surface area (TPSA) is 42.7 Å². The minimum Gasteiger partial charge on any atom is -0.358 e. The van der Waals surface area contributed by atoms with Crippen molar-refractivity contribution < 1.29 is 13.2 Å². The van der Waals surface area contributed by atoms with Crippen molar-refractivity contribution in [2.45, 2.75) is 31.3 Å². The SMILES string of the molecule is Cc1ccc([C@@H]2SC[C@H](C(F)(F)F)Nc3c2c(-c2ccccn2)nn3C)c(C)c1. The number of thioether (sulfide) groups is 1. The van der Waals surface area contributed by atoms with Crippen LogP contribution in [0, 0.1) is 13.8 Å². The number of fused-ring (bicyclic) bond motifs is 1. The fraction of sp³-hybridized carbons (Fsp3) is 0.333. The monoisotopic (exact) mass is 418 g/mol. The molecule has 3 aromatic rings. The molecule has 0 amide bonds. The fourth-order valence-electron chi connectivity index (χ4n) is 3.68. The zero-order chi connectivity index (χ0) is 20.8. The molecule has 4 nitrogen and oxygen atoms in total. The molecule has 0 radical (unpaired) electrons. The number of halogens is 3. The first-order valence-electron chi connectivity index (χ1n) is 9.26. The Labute approximate surface area is 171 Å². The predicted octanol–water partition coefficient (Wildman–Crippen LogP) is 5.28. The molecule has 1 aliphatic rings. The van der Waals surface area contributed by atoms with Crippen molar-refractivity contribution in [3.05, 3.63) is 64.8 Å². The van der Waals surface area contributed by atoms with Gasteiger partial charge in [0.25, 0.3) is 0 Å². The Morgan fingerprint density at radius 3 is 2.62 bits per heavy atom. The van der Waals surface area contributed by atoms with E-state index in [2.05, 4.69) is 21.5 Å². The first-order chi connectivity index (χ1) is 13.8. The summed E-state index contributed by atoms with van der Waals surface area (Å²) in [5.74, 6) is 0.306. The minimum atomic E-state index is -4.35. The average molecular weight is 418 g/mol. The Bertz CT molecular complexity index is 1030. The minimum absolute atomic E-state index is 0.0855. The first kappa shape index (κ1) is 19.8. The summed E-state index contributed by atoms with van der Waals surface area (Å²) in [7, 11) is 1.67. The van der Waals surface area contributed by atoms with Crippen molar-refractivity contribution >= 4 is 17.6 Å². The van der Waals surface area contributed by atoms with E-state index in [0.29, 0.717) is 17.2 Å². The van der Waals surface area contributed by atoms with Gasteiger partial charge >= 0.3 is 6.18 Å². The number of rotatable bonds is 2. The standard InChI is InChI=1S/C21H21F3N4S/c1-12-7-8-14(13(2)10-12)19-17-18(15-6-4-5-9-25-15)27-28(3)20(17)26-16(11-29-19)21(22,23)24/h4-10,16,19,26H,11H2,1-3H3/t16-,19+/m1/s1. The second-order valence-corrected chi connectivity index (χ2v) is 8.40. The summed E-state index contributed by atoms with van der Waals surface area (Å²) in [6, 6.07) is 9.91. The lowest BCUT2D eigenvalue weighted by Gasteiger charge is -2.20. The van der Waals surface area contributed by atoms with Gasteiger partial charge in [0.05, 0.1) is 10.9 Å². The molecule has 1 aromatic carbocycles. The van der Waals surface area contributed by atoms with Crippen LogP contribution in [0.3, 0.4) is 0 Å². The Morgan fingerprint density at radius 2 is 1.97 bits per heavy atom. The number of anilines is 1. The van der Waals surface area contributed by atoms with E-state index in [-0.39, 0.29) is 11.0 Å². The first-order valence-corrected chi connectivity index (χ1v) is 10.3. The molecule has 152 valence electrons. The number of nitrogens with zero attached hydrogens (tertiary/aromatic N) is 3. The molecule has 0 saturated heterocycles. The molecule has 1 N–H and O–H groups in total. The zero-order valence-corrected chi connectivity index (χ0v) is 17.1. The van der Waals surface area contributed by atoms with E-state index in [1.807, 2.05) is 38.1 Å². The molecule has 0 spiro atoms. The molecule has 29 heavy (non-hydrogen) atoms. The summed E-state index contributed by atoms with van der Waals surface area (Å²) in [6.45, 7) is 4.01. The molecule has 0 saturated carbocycles. The van der Waals surface area contributed by atoms with E-state index in [0.717, 1.165) is 22.3 Å². The number of hydrogen-bond acceptors (Lipinski definition) is 4. The van der Waals surface area contributed by atoms with Crippen LogP contribution in [0.4, 0.5) is 19.0 Å². The third-order valence-corrected chi connectivity index (χ3v) is 6.45. The normalized spacial score (nSPS) is 19.4. The maximum Gasteiger partial charge on any atom is 0.409 e. The van der Waals surface area contributed by atoms with Crippen molar-refractivity contribution in [2.75, 3.05) is 11.1 Å². The van der Waals surface area contributed by atoms with Crippen LogP contribution in [0.2, 0.25) is 0 Å². The van der Waals surface area contributed by atoms with Gasteiger partial charge in [0.15, 0.2) is 0 Å². The van der Waals surface area contributed by atoms with Gasteiger partial charge in [-0.2, -0.15) is 18.3 Å². The van der Waals surface area contributed by atoms with Crippen molar-refractivity contribution in [2.24, 2.45) is 7.05 Å². The van der Waals surface area contributed by atoms with Crippen LogP contribution in [-0.2, 0) is 7.05 Å². The molecule has 2 aromatic heterocycles. The van der Waals surface area contributed by atoms with Crippen LogP contribution in [0.1, 0.15) is 27.5 Å². The quantitative estimate of drug-likeness (QED) is 0.615. The molecule has 0 fully saturated rings. The maximum absolute atomic E-state index is 13.6. The highest BCUT2D eigenvalue weighted by atomic mass is 32.2. The third kappa shape index (κ3) is 3.73. The highest BCUT2D eigenvalue weighted by molar-refractivity contribution is 7.99. The van der Waals surface area contributed by atoms with Gasteiger partial charge in [-0.1, -0.05) is 29.8 Å². The van der Waals surface area contributed by atoms with E-state index >= 15 is 0 Å². The molecule has 2 atom stereocenters. The summed E-state index contributed by atoms with van der Waals surface area (Å²) in [4.78, 5) is 4.40. The number of alkyl halides is 3. The number of nitrogens with one attached hydrogen (secondary N) is 1. The van der Waals surface area contributed by atoms with Crippen LogP contribution in [-0.4, -0.2) is 32.7 Å². The number of aromatic nitrogens is 3. The van der Waals surface area contributed by atoms with Gasteiger partial charge in [0.2, 0.25) is 0 Å². The third-order valence-electron chi connectivity index (χ3n) is 5.10. The van der Waals surface area contributed by atoms with Crippen LogP contribution in [0.25, 0.3) is 11.4 Å². The van der Waals surface area contributed by atoms with Gasteiger partial charge in [0.1, 0.15) is 17.6 Å². The molecular formula is C21H21F3N4S. The largest absolute Gasteiger partial charge is 0.409 e. The summed E-state index contributed by atoms with van der Waals surface area (Å²) in [5, 5.41) is 6.99. The van der Waals surface area contributed by atoms with Crippen molar-refractivity contribution in [3.8, 4) is 11.4 Å². The van der Waals surface area contributed by atoms with E-state index in [9.17, 15) is 13.2 Å². The lowest BCUT2D eigenvalue weighted by Crippen LogP contribution is -2.38. The van der Waals surface area contributed by atoms with E-state index in [1.54, 1.807) is 19.3 Å². The lowest BCUT2D eigenvalue weighted by atomic mass is 9.97. The number of hydrogen-bond donors (Lipinski definition) is 1. The smallest absolute Gasteiger partial charge is 0.358 e. The average Bonchev–Trinajstić information content (AvgIpc) is 2.85. The Balaban J connectivity index is 1.93. The Kier molecular flexibility index (Phi) is 5.06. The molecule has 0 unspecified atom stereocenters. The van der Waals surface area contributed by atoms with Gasteiger partial charge in [0, 0.05) is 24.6 Å². The second kappa shape index (κ2) is 7.40. The summed E-state index contributed by atoms with van der Waals surface area (Å²) in [5.41, 5.74) is 5.16. The van der Waals surface area contributed by atoms with Gasteiger partial charge < -0.3 is 5.32 Å². The second-order valence-electron chi connectivity index (χ2n) is 7.26. The van der Waals surface area contributed by atoms with Crippen molar-refractivity contribution in [3.63, 3.8) is 0 Å². The van der Waals surface area contributed by atoms with Crippen LogP contribution in [0.5, 0.6) is 0 Å². The highest BCUT2D eigenvalue weighted by Crippen LogP contribution is 2.48. The highest BCUT2D eigenvalue weighted by Gasteiger charge is 2.44. The molecular weight excluding hydrogens is 397 g/mol. The lowest BCUT2D eigenvalue weighted by molar-refractivity contribution is -0.137. The number of pyridine rings is 1. The fourth-order valence-corrected chi connectivity index (χ4v) is 5.17. The van der Waals surface area contributed by atoms with Crippen molar-refractivity contribution in [1.29, 1.82) is 0 Å². The number of aryl methyl sites for hydroxylation is 3. The molecule has 0 aliphatic carbocycles. The molecule has 0 bridgehead atoms. The van der Waals surface area contributed by atoms with E-state index in [1.165, 1.54) is 16.4 Å². The Morgan fingerprint density at radius 1 is 1.17 bits per heavy atom. The van der Waals surface area contributed by atoms with Gasteiger partial charge in [-0.25, -0.2) is 0 Å². The van der Waals surface area contributed by atoms with Crippen LogP contribution >= 0.6 is 11.8 Å². The summed E-state index contributed by atoms with van der Waals surface area (Å²) >= 11 is 1.29. The van der Waals surface area contributed by atoms with Crippen LogP contribution < -0.4 is 5.32 Å². The maximum atomic E-state index is 13.6. The predicted molar refractivity (Wildman–Crippen MR) is 110 cm³/mol. The molecule has 4 rings (SSSR count). The molecule has 3 heterocycles. The van der Waals surface area contributed by atoms with Crippen LogP contribution in [0.15, 0.2) is 42.6 Å². The van der Waals surface area contributed by atoms with E-state index in [4.69, 9.17) is 0 Å². The summed E-state index contributed by atoms with van der Waals surface area (Å²) in [6.07, 6.45) is -2.69. The van der Waals surface area contributed by atoms with Gasteiger partial charge in [-0.05, 0) is 37.1 Å². The van der Waals surface area contributed by atoms with E-state index < -0.39 is 12.2 Å². The molecule has 1 aliphatic heterocycles. The van der Waals surface area contributed by atoms with Gasteiger partial charge in [-0.15, -0.1) is 11.8 Å². The van der Waals surface area contributed by atoms with Gasteiger partial charge in [-0.3, -0.25) is 9.67 Å².